The van der Waals surface area contributed by atoms with Crippen molar-refractivity contribution in [2.24, 2.45) is 0 Å². The topological polar surface area (TPSA) is 17.8 Å². The van der Waals surface area contributed by atoms with Crippen molar-refractivity contribution in [2.75, 3.05) is 0 Å². The van der Waals surface area contributed by atoms with Gasteiger partial charge in [0.2, 0.25) is 0 Å². The summed E-state index contributed by atoms with van der Waals surface area (Å²) >= 11 is 0. The minimum Gasteiger partial charge on any atom is -0.328 e. The molecular weight excluding hydrogens is 246 g/mol. The van der Waals surface area contributed by atoms with E-state index in [0.29, 0.717) is 23.5 Å². The standard InChI is InChI=1S/C13H14F2N2.C2H6/c1-3-17-10-6-9(14)7(2)11(15)12(10)16-13(17)8-4-5-8;1-2/h6,8H,3-5H2,1-2H3;1-2H3. The molecule has 2 aromatic rings. The highest BCUT2D eigenvalue weighted by Gasteiger charge is 2.30. The average Bonchev–Trinajstić information content (AvgIpc) is 3.20. The molecule has 0 atom stereocenters. The highest BCUT2D eigenvalue weighted by atomic mass is 19.1. The molecule has 0 saturated heterocycles. The Labute approximate surface area is 112 Å². The Morgan fingerprint density at radius 3 is 2.47 bits per heavy atom. The molecule has 0 unspecified atom stereocenters. The Morgan fingerprint density at radius 1 is 1.32 bits per heavy atom. The van der Waals surface area contributed by atoms with Crippen LogP contribution < -0.4 is 0 Å². The van der Waals surface area contributed by atoms with Crippen molar-refractivity contribution in [1.82, 2.24) is 9.55 Å². The molecule has 0 aliphatic heterocycles. The fraction of sp³-hybridized carbons (Fsp3) is 0.533. The summed E-state index contributed by atoms with van der Waals surface area (Å²) in [7, 11) is 0. The second kappa shape index (κ2) is 5.27. The first-order chi connectivity index (χ1) is 9.13. The zero-order valence-corrected chi connectivity index (χ0v) is 11.9. The fourth-order valence-corrected chi connectivity index (χ4v) is 2.29. The third kappa shape index (κ3) is 2.24. The van der Waals surface area contributed by atoms with E-state index in [1.54, 1.807) is 0 Å². The van der Waals surface area contributed by atoms with Gasteiger partial charge in [-0.1, -0.05) is 13.8 Å². The largest absolute Gasteiger partial charge is 0.328 e. The molecule has 0 radical (unpaired) electrons. The first-order valence-corrected chi connectivity index (χ1v) is 6.98. The van der Waals surface area contributed by atoms with Gasteiger partial charge in [-0.05, 0) is 26.7 Å². The van der Waals surface area contributed by atoms with Crippen LogP contribution in [-0.2, 0) is 6.54 Å². The number of aryl methyl sites for hydroxylation is 1. The van der Waals surface area contributed by atoms with Crippen LogP contribution in [0.2, 0.25) is 0 Å². The van der Waals surface area contributed by atoms with E-state index in [9.17, 15) is 8.78 Å². The predicted octanol–water partition coefficient (Wildman–Crippen LogP) is 4.55. The third-order valence-corrected chi connectivity index (χ3v) is 3.45. The zero-order valence-electron chi connectivity index (χ0n) is 11.9. The van der Waals surface area contributed by atoms with E-state index in [0.717, 1.165) is 18.7 Å². The van der Waals surface area contributed by atoms with Gasteiger partial charge < -0.3 is 4.57 Å². The number of rotatable bonds is 2. The predicted molar refractivity (Wildman–Crippen MR) is 73.4 cm³/mol. The Hall–Kier alpha value is -1.45. The lowest BCUT2D eigenvalue weighted by Gasteiger charge is -2.05. The SMILES string of the molecule is CC.CCn1c(C2CC2)nc2c(F)c(C)c(F)cc21. The van der Waals surface area contributed by atoms with Crippen LogP contribution in [0.3, 0.4) is 0 Å². The molecule has 19 heavy (non-hydrogen) atoms. The molecule has 104 valence electrons. The van der Waals surface area contributed by atoms with Crippen molar-refractivity contribution in [3.8, 4) is 0 Å². The molecule has 2 nitrogen and oxygen atoms in total. The molecule has 1 aromatic carbocycles. The van der Waals surface area contributed by atoms with Crippen LogP contribution in [0.25, 0.3) is 11.0 Å². The van der Waals surface area contributed by atoms with Gasteiger partial charge in [0.05, 0.1) is 5.52 Å². The van der Waals surface area contributed by atoms with Crippen LogP contribution in [0.15, 0.2) is 6.07 Å². The second-order valence-electron chi connectivity index (χ2n) is 4.65. The molecule has 1 fully saturated rings. The monoisotopic (exact) mass is 266 g/mol. The first kappa shape index (κ1) is 14.0. The minimum absolute atomic E-state index is 0.0561. The highest BCUT2D eigenvalue weighted by Crippen LogP contribution is 2.41. The smallest absolute Gasteiger partial charge is 0.156 e. The summed E-state index contributed by atoms with van der Waals surface area (Å²) in [6.07, 6.45) is 2.21. The molecule has 1 heterocycles. The van der Waals surface area contributed by atoms with Gasteiger partial charge in [0.25, 0.3) is 0 Å². The summed E-state index contributed by atoms with van der Waals surface area (Å²) in [6, 6.07) is 1.40. The number of hydrogen-bond acceptors (Lipinski definition) is 1. The van der Waals surface area contributed by atoms with Crippen molar-refractivity contribution in [3.63, 3.8) is 0 Å². The van der Waals surface area contributed by atoms with Gasteiger partial charge in [-0.3, -0.25) is 0 Å². The molecule has 0 bridgehead atoms. The normalized spacial score (nSPS) is 14.4. The highest BCUT2D eigenvalue weighted by molar-refractivity contribution is 5.78. The first-order valence-electron chi connectivity index (χ1n) is 6.98. The van der Waals surface area contributed by atoms with Crippen molar-refractivity contribution >= 4 is 11.0 Å². The molecule has 1 aliphatic rings. The van der Waals surface area contributed by atoms with Gasteiger partial charge in [-0.25, -0.2) is 13.8 Å². The quantitative estimate of drug-likeness (QED) is 0.780. The summed E-state index contributed by atoms with van der Waals surface area (Å²) in [6.45, 7) is 8.12. The Bertz CT molecular complexity index is 598. The summed E-state index contributed by atoms with van der Waals surface area (Å²) in [5.74, 6) is 0.331. The van der Waals surface area contributed by atoms with Crippen LogP contribution in [0.5, 0.6) is 0 Å². The molecule has 4 heteroatoms. The maximum atomic E-state index is 14.0. The van der Waals surface area contributed by atoms with Crippen molar-refractivity contribution in [1.29, 1.82) is 0 Å². The van der Waals surface area contributed by atoms with Crippen LogP contribution in [-0.4, -0.2) is 9.55 Å². The molecule has 0 spiro atoms. The van der Waals surface area contributed by atoms with Crippen LogP contribution in [0, 0.1) is 18.6 Å². The summed E-state index contributed by atoms with van der Waals surface area (Å²) in [4.78, 5) is 4.37. The number of benzene rings is 1. The lowest BCUT2D eigenvalue weighted by molar-refractivity contribution is 0.575. The number of imidazole rings is 1. The van der Waals surface area contributed by atoms with Gasteiger partial charge in [0.15, 0.2) is 5.82 Å². The number of nitrogens with zero attached hydrogens (tertiary/aromatic N) is 2. The summed E-state index contributed by atoms with van der Waals surface area (Å²) in [5, 5.41) is 0. The van der Waals surface area contributed by atoms with E-state index in [-0.39, 0.29) is 5.56 Å². The lowest BCUT2D eigenvalue weighted by Crippen LogP contribution is -2.00. The van der Waals surface area contributed by atoms with E-state index >= 15 is 0 Å². The zero-order chi connectivity index (χ0) is 14.2. The van der Waals surface area contributed by atoms with Gasteiger partial charge in [-0.15, -0.1) is 0 Å². The van der Waals surface area contributed by atoms with E-state index in [1.165, 1.54) is 13.0 Å². The molecule has 0 N–H and O–H groups in total. The fourth-order valence-electron chi connectivity index (χ4n) is 2.29. The molecule has 1 saturated carbocycles. The summed E-state index contributed by atoms with van der Waals surface area (Å²) < 4.78 is 29.5. The van der Waals surface area contributed by atoms with Crippen LogP contribution >= 0.6 is 0 Å². The molecule has 3 rings (SSSR count). The number of aromatic nitrogens is 2. The van der Waals surface area contributed by atoms with Gasteiger partial charge >= 0.3 is 0 Å². The lowest BCUT2D eigenvalue weighted by atomic mass is 10.2. The Morgan fingerprint density at radius 2 is 1.95 bits per heavy atom. The third-order valence-electron chi connectivity index (χ3n) is 3.45. The van der Waals surface area contributed by atoms with Crippen LogP contribution in [0.1, 0.15) is 50.9 Å². The molecular formula is C15H20F2N2. The molecule has 1 aliphatic carbocycles. The Balaban J connectivity index is 0.000000637. The van der Waals surface area contributed by atoms with Gasteiger partial charge in [0.1, 0.15) is 17.2 Å². The van der Waals surface area contributed by atoms with Crippen molar-refractivity contribution < 1.29 is 8.78 Å². The maximum Gasteiger partial charge on any atom is 0.156 e. The summed E-state index contributed by atoms with van der Waals surface area (Å²) in [5.41, 5.74) is 0.947. The van der Waals surface area contributed by atoms with E-state index in [2.05, 4.69) is 4.98 Å². The van der Waals surface area contributed by atoms with E-state index < -0.39 is 11.6 Å². The van der Waals surface area contributed by atoms with Crippen molar-refractivity contribution in [2.45, 2.75) is 53.0 Å². The van der Waals surface area contributed by atoms with Crippen LogP contribution in [0.4, 0.5) is 8.78 Å². The molecule has 0 amide bonds. The van der Waals surface area contributed by atoms with Gasteiger partial charge in [-0.2, -0.15) is 0 Å². The van der Waals surface area contributed by atoms with Gasteiger partial charge in [0, 0.05) is 24.1 Å². The molecule has 1 aromatic heterocycles. The second-order valence-corrected chi connectivity index (χ2v) is 4.65. The Kier molecular flexibility index (Phi) is 3.88. The minimum atomic E-state index is -0.519. The number of hydrogen-bond donors (Lipinski definition) is 0. The number of halogens is 2. The maximum absolute atomic E-state index is 14.0. The van der Waals surface area contributed by atoms with E-state index in [1.807, 2.05) is 25.3 Å². The van der Waals surface area contributed by atoms with E-state index in [4.69, 9.17) is 0 Å². The van der Waals surface area contributed by atoms with Crippen molar-refractivity contribution in [3.05, 3.63) is 29.1 Å². The average molecular weight is 266 g/mol. The number of fused-ring (bicyclic) bond motifs is 1.